The van der Waals surface area contributed by atoms with E-state index in [1.807, 2.05) is 13.8 Å². The van der Waals surface area contributed by atoms with Crippen molar-refractivity contribution in [2.45, 2.75) is 51.4 Å². The van der Waals surface area contributed by atoms with E-state index in [1.54, 1.807) is 0 Å². The SMILES string of the molecule is CCN[C@@H](C)[C@H]1CCN(c2c(F)cc3c(=O)c(C(=O)O)cn(C4CC4)c3c2C(F)(F)F)C1. The normalized spacial score (nSPS) is 20.2. The third-order valence-corrected chi connectivity index (χ3v) is 6.47. The van der Waals surface area contributed by atoms with Crippen molar-refractivity contribution >= 4 is 22.6 Å². The van der Waals surface area contributed by atoms with Gasteiger partial charge in [-0.15, -0.1) is 0 Å². The maximum absolute atomic E-state index is 15.2. The molecule has 1 aliphatic heterocycles. The average molecular weight is 455 g/mol. The van der Waals surface area contributed by atoms with Crippen LogP contribution in [-0.4, -0.2) is 41.3 Å². The first kappa shape index (κ1) is 22.6. The second-order valence-corrected chi connectivity index (χ2v) is 8.63. The molecule has 2 atom stereocenters. The molecule has 1 aliphatic carbocycles. The lowest BCUT2D eigenvalue weighted by Gasteiger charge is -2.27. The molecule has 2 aromatic rings. The molecule has 1 saturated heterocycles. The fraction of sp³-hybridized carbons (Fsp3) is 0.545. The quantitative estimate of drug-likeness (QED) is 0.644. The van der Waals surface area contributed by atoms with E-state index in [9.17, 15) is 27.9 Å². The molecule has 2 heterocycles. The monoisotopic (exact) mass is 455 g/mol. The van der Waals surface area contributed by atoms with Gasteiger partial charge >= 0.3 is 12.1 Å². The molecule has 1 aromatic heterocycles. The standard InChI is InChI=1S/C22H25F4N3O3/c1-3-27-11(2)12-6-7-28(9-12)19-16(23)8-14-18(17(19)22(24,25)26)29(13-4-5-13)10-15(20(14)30)21(31)32/h8,10-13,27H,3-7,9H2,1-2H3,(H,31,32)/t11-,12-/m0/s1. The molecule has 0 amide bonds. The fourth-order valence-electron chi connectivity index (χ4n) is 4.74. The highest BCUT2D eigenvalue weighted by molar-refractivity contribution is 5.95. The lowest BCUT2D eigenvalue weighted by molar-refractivity contribution is -0.136. The first-order valence-electron chi connectivity index (χ1n) is 10.7. The Morgan fingerprint density at radius 1 is 1.31 bits per heavy atom. The Balaban J connectivity index is 1.96. The Kier molecular flexibility index (Phi) is 5.68. The van der Waals surface area contributed by atoms with E-state index in [0.717, 1.165) is 18.8 Å². The first-order valence-corrected chi connectivity index (χ1v) is 10.7. The van der Waals surface area contributed by atoms with Gasteiger partial charge in [-0.2, -0.15) is 13.2 Å². The largest absolute Gasteiger partial charge is 0.477 e. The van der Waals surface area contributed by atoms with Crippen LogP contribution in [0.15, 0.2) is 17.1 Å². The van der Waals surface area contributed by atoms with Crippen LogP contribution in [0.1, 0.15) is 55.1 Å². The number of carbonyl (C=O) groups is 1. The van der Waals surface area contributed by atoms with Gasteiger partial charge in [0.05, 0.1) is 16.6 Å². The van der Waals surface area contributed by atoms with E-state index in [2.05, 4.69) is 5.32 Å². The lowest BCUT2D eigenvalue weighted by Crippen LogP contribution is -2.35. The Bertz CT molecular complexity index is 1120. The zero-order valence-electron chi connectivity index (χ0n) is 17.8. The van der Waals surface area contributed by atoms with Gasteiger partial charge in [-0.3, -0.25) is 4.79 Å². The molecule has 1 saturated carbocycles. The second kappa shape index (κ2) is 8.06. The molecule has 0 radical (unpaired) electrons. The van der Waals surface area contributed by atoms with Gasteiger partial charge in [0.2, 0.25) is 5.43 Å². The number of carboxylic acid groups (broad SMARTS) is 1. The first-order chi connectivity index (χ1) is 15.0. The van der Waals surface area contributed by atoms with E-state index in [4.69, 9.17) is 0 Å². The molecule has 2 aliphatic rings. The van der Waals surface area contributed by atoms with E-state index in [0.29, 0.717) is 19.3 Å². The molecule has 0 spiro atoms. The number of aromatic carboxylic acids is 1. The summed E-state index contributed by atoms with van der Waals surface area (Å²) in [7, 11) is 0. The number of carboxylic acids is 1. The van der Waals surface area contributed by atoms with E-state index >= 15 is 4.39 Å². The van der Waals surface area contributed by atoms with Crippen LogP contribution in [0.2, 0.25) is 0 Å². The van der Waals surface area contributed by atoms with Crippen molar-refractivity contribution in [2.24, 2.45) is 5.92 Å². The average Bonchev–Trinajstić information content (AvgIpc) is 3.43. The highest BCUT2D eigenvalue weighted by Crippen LogP contribution is 2.46. The molecule has 32 heavy (non-hydrogen) atoms. The van der Waals surface area contributed by atoms with Crippen LogP contribution in [0.3, 0.4) is 0 Å². The molecular weight excluding hydrogens is 430 g/mol. The van der Waals surface area contributed by atoms with E-state index < -0.39 is 51.1 Å². The molecule has 6 nitrogen and oxygen atoms in total. The Morgan fingerprint density at radius 2 is 2.00 bits per heavy atom. The van der Waals surface area contributed by atoms with Gasteiger partial charge in [0.1, 0.15) is 16.9 Å². The van der Waals surface area contributed by atoms with E-state index in [-0.39, 0.29) is 31.1 Å². The van der Waals surface area contributed by atoms with Gasteiger partial charge in [0, 0.05) is 31.4 Å². The molecule has 0 bridgehead atoms. The fourth-order valence-corrected chi connectivity index (χ4v) is 4.74. The smallest absolute Gasteiger partial charge is 0.420 e. The van der Waals surface area contributed by atoms with Gasteiger partial charge in [-0.1, -0.05) is 6.92 Å². The van der Waals surface area contributed by atoms with Gasteiger partial charge in [-0.05, 0) is 44.7 Å². The Morgan fingerprint density at radius 3 is 2.56 bits per heavy atom. The summed E-state index contributed by atoms with van der Waals surface area (Å²) in [6.07, 6.45) is -2.23. The summed E-state index contributed by atoms with van der Waals surface area (Å²) in [6, 6.07) is 0.482. The van der Waals surface area contributed by atoms with Crippen LogP contribution in [0.4, 0.5) is 23.2 Å². The van der Waals surface area contributed by atoms with Crippen molar-refractivity contribution in [3.05, 3.63) is 39.4 Å². The minimum atomic E-state index is -4.94. The van der Waals surface area contributed by atoms with Crippen LogP contribution in [0, 0.1) is 11.7 Å². The zero-order chi connectivity index (χ0) is 23.4. The predicted octanol–water partition coefficient (Wildman–Crippen LogP) is 4.02. The summed E-state index contributed by atoms with van der Waals surface area (Å²) in [6.45, 7) is 5.12. The minimum Gasteiger partial charge on any atom is -0.477 e. The van der Waals surface area contributed by atoms with E-state index in [1.165, 1.54) is 9.47 Å². The van der Waals surface area contributed by atoms with Crippen molar-refractivity contribution in [1.29, 1.82) is 0 Å². The third-order valence-electron chi connectivity index (χ3n) is 6.47. The molecule has 2 N–H and O–H groups in total. The number of pyridine rings is 1. The number of rotatable bonds is 6. The summed E-state index contributed by atoms with van der Waals surface area (Å²) >= 11 is 0. The summed E-state index contributed by atoms with van der Waals surface area (Å²) in [5, 5.41) is 12.1. The van der Waals surface area contributed by atoms with Gasteiger partial charge in [-0.25, -0.2) is 9.18 Å². The molecule has 1 aromatic carbocycles. The van der Waals surface area contributed by atoms with Crippen molar-refractivity contribution < 1.29 is 27.5 Å². The van der Waals surface area contributed by atoms with Gasteiger partial charge in [0.15, 0.2) is 0 Å². The van der Waals surface area contributed by atoms with Gasteiger partial charge < -0.3 is 19.9 Å². The highest BCUT2D eigenvalue weighted by atomic mass is 19.4. The molecule has 2 fully saturated rings. The molecule has 4 rings (SSSR count). The number of fused-ring (bicyclic) bond motifs is 1. The summed E-state index contributed by atoms with van der Waals surface area (Å²) < 4.78 is 59.7. The number of anilines is 1. The van der Waals surface area contributed by atoms with Crippen LogP contribution in [0.25, 0.3) is 10.9 Å². The van der Waals surface area contributed by atoms with Crippen molar-refractivity contribution in [3.8, 4) is 0 Å². The van der Waals surface area contributed by atoms with Crippen LogP contribution < -0.4 is 15.6 Å². The van der Waals surface area contributed by atoms with Crippen LogP contribution >= 0.6 is 0 Å². The summed E-state index contributed by atoms with van der Waals surface area (Å²) in [5.74, 6) is -2.67. The zero-order valence-corrected chi connectivity index (χ0v) is 17.8. The van der Waals surface area contributed by atoms with Crippen LogP contribution in [0.5, 0.6) is 0 Å². The molecule has 10 heteroatoms. The molecule has 174 valence electrons. The second-order valence-electron chi connectivity index (χ2n) is 8.63. The number of hydrogen-bond acceptors (Lipinski definition) is 4. The highest BCUT2D eigenvalue weighted by Gasteiger charge is 2.43. The number of nitrogens with one attached hydrogen (secondary N) is 1. The number of hydrogen-bond donors (Lipinski definition) is 2. The van der Waals surface area contributed by atoms with Crippen LogP contribution in [-0.2, 0) is 6.18 Å². The maximum Gasteiger partial charge on any atom is 0.420 e. The summed E-state index contributed by atoms with van der Waals surface area (Å²) in [4.78, 5) is 25.6. The topological polar surface area (TPSA) is 74.6 Å². The summed E-state index contributed by atoms with van der Waals surface area (Å²) in [5.41, 5.74) is -3.97. The Labute approximate surface area is 181 Å². The molecular formula is C22H25F4N3O3. The predicted molar refractivity (Wildman–Crippen MR) is 112 cm³/mol. The molecule has 0 unspecified atom stereocenters. The van der Waals surface area contributed by atoms with Crippen molar-refractivity contribution in [2.75, 3.05) is 24.5 Å². The maximum atomic E-state index is 15.2. The number of benzene rings is 1. The number of halogens is 4. The van der Waals surface area contributed by atoms with Gasteiger partial charge in [0.25, 0.3) is 0 Å². The van der Waals surface area contributed by atoms with Crippen molar-refractivity contribution in [1.82, 2.24) is 9.88 Å². The Hall–Kier alpha value is -2.62. The van der Waals surface area contributed by atoms with Crippen molar-refractivity contribution in [3.63, 3.8) is 0 Å². The third kappa shape index (κ3) is 3.85. The lowest BCUT2D eigenvalue weighted by atomic mass is 10.0. The number of alkyl halides is 3. The number of nitrogens with zero attached hydrogens (tertiary/aromatic N) is 2. The minimum absolute atomic E-state index is 0.0474. The number of aromatic nitrogens is 1.